The van der Waals surface area contributed by atoms with Crippen LogP contribution < -0.4 is 10.6 Å². The number of carbonyl (C=O) groups is 1. The van der Waals surface area contributed by atoms with Crippen LogP contribution in [-0.2, 0) is 0 Å². The fraction of sp³-hybridized carbons (Fsp3) is 0.545. The van der Waals surface area contributed by atoms with E-state index in [1.165, 1.54) is 25.2 Å². The van der Waals surface area contributed by atoms with Crippen LogP contribution in [0.25, 0.3) is 0 Å². The van der Waals surface area contributed by atoms with Crippen molar-refractivity contribution in [2.75, 3.05) is 13.1 Å². The Labute approximate surface area is 94.6 Å². The van der Waals surface area contributed by atoms with E-state index >= 15 is 0 Å². The maximum Gasteiger partial charge on any atom is 0.252 e. The molecule has 1 amide bonds. The Hall–Kier alpha value is -1.49. The lowest BCUT2D eigenvalue weighted by atomic mass is 10.3. The molecular weight excluding hydrogens is 204 g/mol. The van der Waals surface area contributed by atoms with Gasteiger partial charge in [0.25, 0.3) is 5.91 Å². The fourth-order valence-electron chi connectivity index (χ4n) is 1.41. The zero-order valence-electron chi connectivity index (χ0n) is 9.15. The summed E-state index contributed by atoms with van der Waals surface area (Å²) in [5.74, 6) is -0.0821. The fourth-order valence-corrected chi connectivity index (χ4v) is 1.41. The normalized spacial score (nSPS) is 14.8. The second-order valence-corrected chi connectivity index (χ2v) is 3.97. The van der Waals surface area contributed by atoms with Gasteiger partial charge in [0.2, 0.25) is 0 Å². The average molecular weight is 220 g/mol. The Morgan fingerprint density at radius 2 is 2.25 bits per heavy atom. The molecule has 0 spiro atoms. The lowest BCUT2D eigenvalue weighted by molar-refractivity contribution is 0.0952. The van der Waals surface area contributed by atoms with Crippen molar-refractivity contribution in [1.29, 1.82) is 0 Å². The lowest BCUT2D eigenvalue weighted by Gasteiger charge is -2.05. The predicted octanol–water partition coefficient (Wildman–Crippen LogP) is 0.348. The molecule has 2 N–H and O–H groups in total. The molecule has 1 aliphatic rings. The van der Waals surface area contributed by atoms with Crippen molar-refractivity contribution < 1.29 is 4.79 Å². The minimum absolute atomic E-state index is 0.0821. The van der Waals surface area contributed by atoms with Crippen molar-refractivity contribution in [2.45, 2.75) is 25.3 Å². The molecule has 5 nitrogen and oxygen atoms in total. The molecule has 1 aromatic rings. The number of hydrogen-bond acceptors (Lipinski definition) is 4. The molecular formula is C11H16N4O. The smallest absolute Gasteiger partial charge is 0.252 e. The third-order valence-electron chi connectivity index (χ3n) is 2.50. The van der Waals surface area contributed by atoms with Crippen LogP contribution in [0.1, 0.15) is 29.6 Å². The molecule has 5 heteroatoms. The Morgan fingerprint density at radius 1 is 1.38 bits per heavy atom. The van der Waals surface area contributed by atoms with Gasteiger partial charge in [0, 0.05) is 12.6 Å². The molecule has 16 heavy (non-hydrogen) atoms. The summed E-state index contributed by atoms with van der Waals surface area (Å²) in [7, 11) is 0. The van der Waals surface area contributed by atoms with Gasteiger partial charge in [-0.1, -0.05) is 0 Å². The molecule has 0 atom stereocenters. The Kier molecular flexibility index (Phi) is 3.82. The van der Waals surface area contributed by atoms with Gasteiger partial charge in [-0.15, -0.1) is 0 Å². The highest BCUT2D eigenvalue weighted by Crippen LogP contribution is 2.18. The molecule has 1 fully saturated rings. The van der Waals surface area contributed by atoms with Crippen LogP contribution in [0.15, 0.2) is 18.5 Å². The molecule has 0 radical (unpaired) electrons. The summed E-state index contributed by atoms with van der Waals surface area (Å²) in [5.41, 5.74) is 0.560. The van der Waals surface area contributed by atoms with E-state index in [1.54, 1.807) is 6.07 Å². The number of aromatic nitrogens is 2. The number of nitrogens with zero attached hydrogens (tertiary/aromatic N) is 2. The van der Waals surface area contributed by atoms with E-state index in [9.17, 15) is 4.79 Å². The zero-order chi connectivity index (χ0) is 11.2. The van der Waals surface area contributed by atoms with Gasteiger partial charge < -0.3 is 10.6 Å². The first-order valence-corrected chi connectivity index (χ1v) is 5.64. The summed E-state index contributed by atoms with van der Waals surface area (Å²) in [6.45, 7) is 1.67. The van der Waals surface area contributed by atoms with Gasteiger partial charge in [0.1, 0.15) is 0 Å². The van der Waals surface area contributed by atoms with Crippen molar-refractivity contribution in [1.82, 2.24) is 20.8 Å². The maximum atomic E-state index is 11.6. The highest BCUT2D eigenvalue weighted by atomic mass is 16.1. The molecule has 1 aliphatic carbocycles. The van der Waals surface area contributed by atoms with E-state index in [4.69, 9.17) is 0 Å². The molecule has 1 heterocycles. The second-order valence-electron chi connectivity index (χ2n) is 3.97. The molecule has 0 saturated heterocycles. The maximum absolute atomic E-state index is 11.6. The van der Waals surface area contributed by atoms with Crippen molar-refractivity contribution in [3.05, 3.63) is 24.0 Å². The quantitative estimate of drug-likeness (QED) is 0.679. The van der Waals surface area contributed by atoms with E-state index < -0.39 is 0 Å². The number of hydrogen-bond donors (Lipinski definition) is 2. The molecule has 86 valence electrons. The predicted molar refractivity (Wildman–Crippen MR) is 60.0 cm³/mol. The van der Waals surface area contributed by atoms with Crippen molar-refractivity contribution >= 4 is 5.91 Å². The lowest BCUT2D eigenvalue weighted by Crippen LogP contribution is -2.28. The van der Waals surface area contributed by atoms with E-state index in [1.807, 2.05) is 0 Å². The van der Waals surface area contributed by atoms with Gasteiger partial charge >= 0.3 is 0 Å². The molecule has 0 bridgehead atoms. The van der Waals surface area contributed by atoms with Crippen LogP contribution in [0.5, 0.6) is 0 Å². The summed E-state index contributed by atoms with van der Waals surface area (Å²) in [4.78, 5) is 11.6. The number of nitrogens with one attached hydrogen (secondary N) is 2. The number of amides is 1. The van der Waals surface area contributed by atoms with Gasteiger partial charge in [-0.05, 0) is 31.9 Å². The molecule has 0 aliphatic heterocycles. The van der Waals surface area contributed by atoms with E-state index in [-0.39, 0.29) is 5.91 Å². The van der Waals surface area contributed by atoms with Crippen LogP contribution in [-0.4, -0.2) is 35.2 Å². The van der Waals surface area contributed by atoms with Gasteiger partial charge in [0.05, 0.1) is 18.0 Å². The number of rotatable bonds is 6. The third kappa shape index (κ3) is 3.58. The van der Waals surface area contributed by atoms with Crippen molar-refractivity contribution in [3.8, 4) is 0 Å². The third-order valence-corrected chi connectivity index (χ3v) is 2.50. The summed E-state index contributed by atoms with van der Waals surface area (Å²) in [6.07, 6.45) is 6.55. The summed E-state index contributed by atoms with van der Waals surface area (Å²) < 4.78 is 0. The van der Waals surface area contributed by atoms with Crippen LogP contribution in [0.3, 0.4) is 0 Å². The Morgan fingerprint density at radius 3 is 2.94 bits per heavy atom. The first-order valence-electron chi connectivity index (χ1n) is 5.64. The summed E-state index contributed by atoms with van der Waals surface area (Å²) in [6, 6.07) is 2.39. The van der Waals surface area contributed by atoms with Gasteiger partial charge in [-0.3, -0.25) is 4.79 Å². The summed E-state index contributed by atoms with van der Waals surface area (Å²) in [5, 5.41) is 13.5. The van der Waals surface area contributed by atoms with E-state index in [2.05, 4.69) is 20.8 Å². The van der Waals surface area contributed by atoms with Gasteiger partial charge in [-0.2, -0.15) is 10.2 Å². The highest BCUT2D eigenvalue weighted by Gasteiger charge is 2.19. The first-order chi connectivity index (χ1) is 7.86. The highest BCUT2D eigenvalue weighted by molar-refractivity contribution is 5.93. The summed E-state index contributed by atoms with van der Waals surface area (Å²) >= 11 is 0. The second kappa shape index (κ2) is 5.55. The average Bonchev–Trinajstić information content (AvgIpc) is 3.13. The Bertz CT molecular complexity index is 337. The molecule has 0 unspecified atom stereocenters. The van der Waals surface area contributed by atoms with Gasteiger partial charge in [-0.25, -0.2) is 0 Å². The minimum Gasteiger partial charge on any atom is -0.352 e. The minimum atomic E-state index is -0.0821. The van der Waals surface area contributed by atoms with Crippen molar-refractivity contribution in [2.24, 2.45) is 0 Å². The molecule has 1 aromatic heterocycles. The van der Waals surface area contributed by atoms with Crippen LogP contribution in [0.2, 0.25) is 0 Å². The number of carbonyl (C=O) groups excluding carboxylic acids is 1. The standard InChI is InChI=1S/C11H16N4O/c16-11(9-4-7-14-15-8-9)13-6-1-5-12-10-2-3-10/h4,7-8,10,12H,1-3,5-6H2,(H,13,16). The van der Waals surface area contributed by atoms with Gasteiger partial charge in [0.15, 0.2) is 0 Å². The SMILES string of the molecule is O=C(NCCCNC1CC1)c1ccnnc1. The molecule has 1 saturated carbocycles. The Balaban J connectivity index is 1.60. The topological polar surface area (TPSA) is 66.9 Å². The van der Waals surface area contributed by atoms with E-state index in [0.717, 1.165) is 19.0 Å². The monoisotopic (exact) mass is 220 g/mol. The van der Waals surface area contributed by atoms with E-state index in [0.29, 0.717) is 12.1 Å². The van der Waals surface area contributed by atoms with Crippen molar-refractivity contribution in [3.63, 3.8) is 0 Å². The van der Waals surface area contributed by atoms with Crippen LogP contribution in [0.4, 0.5) is 0 Å². The molecule has 0 aromatic carbocycles. The first kappa shape index (κ1) is 11.0. The zero-order valence-corrected chi connectivity index (χ0v) is 9.15. The van der Waals surface area contributed by atoms with Crippen LogP contribution in [0, 0.1) is 0 Å². The largest absolute Gasteiger partial charge is 0.352 e. The van der Waals surface area contributed by atoms with Crippen LogP contribution >= 0.6 is 0 Å². The molecule has 2 rings (SSSR count).